The van der Waals surface area contributed by atoms with Gasteiger partial charge in [0.05, 0.1) is 18.3 Å². The molecular formula is C17H20F3N5O4. The monoisotopic (exact) mass is 415 g/mol. The third-order valence-electron chi connectivity index (χ3n) is 3.67. The van der Waals surface area contributed by atoms with Crippen molar-refractivity contribution in [3.63, 3.8) is 0 Å². The predicted molar refractivity (Wildman–Crippen MR) is 96.3 cm³/mol. The quantitative estimate of drug-likeness (QED) is 0.678. The van der Waals surface area contributed by atoms with Gasteiger partial charge in [-0.05, 0) is 18.6 Å². The van der Waals surface area contributed by atoms with Crippen LogP contribution < -0.4 is 15.5 Å². The lowest BCUT2D eigenvalue weighted by Gasteiger charge is -2.17. The number of benzene rings is 1. The number of alkyl halides is 3. The van der Waals surface area contributed by atoms with Crippen LogP contribution in [-0.4, -0.2) is 59.0 Å². The summed E-state index contributed by atoms with van der Waals surface area (Å²) in [6.45, 7) is 1.30. The molecule has 12 heteroatoms. The van der Waals surface area contributed by atoms with Crippen molar-refractivity contribution in [3.8, 4) is 5.75 Å². The van der Waals surface area contributed by atoms with E-state index in [-0.39, 0.29) is 24.5 Å². The Morgan fingerprint density at radius 3 is 2.62 bits per heavy atom. The maximum atomic E-state index is 12.3. The smallest absolute Gasteiger partial charge is 0.406 e. The van der Waals surface area contributed by atoms with E-state index in [1.807, 2.05) is 6.92 Å². The number of amides is 3. The highest BCUT2D eigenvalue weighted by atomic mass is 19.4. The molecule has 1 aromatic heterocycles. The Kier molecular flexibility index (Phi) is 7.02. The van der Waals surface area contributed by atoms with Crippen LogP contribution in [0.3, 0.4) is 0 Å². The van der Waals surface area contributed by atoms with Crippen LogP contribution >= 0.6 is 0 Å². The molecular weight excluding hydrogens is 395 g/mol. The number of nitrogens with one attached hydrogen (secondary N) is 2. The number of likely N-dealkylation sites (N-methyl/N-ethyl adjacent to an activating group) is 1. The van der Waals surface area contributed by atoms with Crippen molar-refractivity contribution in [1.82, 2.24) is 20.1 Å². The Bertz CT molecular complexity index is 897. The van der Waals surface area contributed by atoms with Gasteiger partial charge in [-0.1, -0.05) is 6.92 Å². The molecule has 29 heavy (non-hydrogen) atoms. The largest absolute Gasteiger partial charge is 0.573 e. The van der Waals surface area contributed by atoms with Gasteiger partial charge >= 0.3 is 6.36 Å². The fourth-order valence-corrected chi connectivity index (χ4v) is 2.34. The van der Waals surface area contributed by atoms with Gasteiger partial charge in [0.1, 0.15) is 12.3 Å². The average Bonchev–Trinajstić information content (AvgIpc) is 2.99. The molecule has 0 spiro atoms. The van der Waals surface area contributed by atoms with Crippen LogP contribution in [0.25, 0.3) is 10.9 Å². The van der Waals surface area contributed by atoms with E-state index in [2.05, 4.69) is 20.6 Å². The minimum Gasteiger partial charge on any atom is -0.406 e. The summed E-state index contributed by atoms with van der Waals surface area (Å²) in [5.74, 6) is -1.72. The van der Waals surface area contributed by atoms with E-state index in [1.165, 1.54) is 19.3 Å². The Morgan fingerprint density at radius 1 is 1.24 bits per heavy atom. The van der Waals surface area contributed by atoms with Gasteiger partial charge in [-0.15, -0.1) is 13.2 Å². The van der Waals surface area contributed by atoms with Crippen LogP contribution in [0.15, 0.2) is 24.4 Å². The van der Waals surface area contributed by atoms with Crippen LogP contribution in [0.5, 0.6) is 5.75 Å². The number of carbonyl (C=O) groups is 3. The Hall–Kier alpha value is -3.31. The maximum absolute atomic E-state index is 12.3. The standard InChI is InChI=1S/C17H20F3N5O4/c1-3-4-14(26)21-8-16(28)24(2)10-15(27)23-25-9-11-5-6-12(7-13(11)22-25)29-17(18,19)20/h5-7,9H,3-4,8,10H2,1-2H3,(H,21,26)(H,23,27). The molecule has 1 heterocycles. The molecule has 0 fully saturated rings. The number of nitrogens with zero attached hydrogens (tertiary/aromatic N) is 3. The lowest BCUT2D eigenvalue weighted by atomic mass is 10.2. The van der Waals surface area contributed by atoms with Crippen molar-refractivity contribution >= 4 is 28.6 Å². The third-order valence-corrected chi connectivity index (χ3v) is 3.67. The maximum Gasteiger partial charge on any atom is 0.573 e. The van der Waals surface area contributed by atoms with Gasteiger partial charge in [0.2, 0.25) is 11.8 Å². The highest BCUT2D eigenvalue weighted by Gasteiger charge is 2.31. The Balaban J connectivity index is 1.91. The zero-order valence-corrected chi connectivity index (χ0v) is 15.7. The molecule has 0 atom stereocenters. The molecule has 0 bridgehead atoms. The summed E-state index contributed by atoms with van der Waals surface area (Å²) in [6.07, 6.45) is -2.46. The van der Waals surface area contributed by atoms with Gasteiger partial charge in [0.25, 0.3) is 5.91 Å². The number of hydrogen-bond acceptors (Lipinski definition) is 5. The second-order valence-corrected chi connectivity index (χ2v) is 6.15. The number of aromatic nitrogens is 2. The lowest BCUT2D eigenvalue weighted by Crippen LogP contribution is -2.42. The average molecular weight is 415 g/mol. The molecule has 158 valence electrons. The molecule has 0 aliphatic rings. The molecule has 1 aromatic carbocycles. The normalized spacial score (nSPS) is 11.2. The van der Waals surface area contributed by atoms with Gasteiger partial charge in [0.15, 0.2) is 0 Å². The predicted octanol–water partition coefficient (Wildman–Crippen LogP) is 1.38. The molecule has 9 nitrogen and oxygen atoms in total. The van der Waals surface area contributed by atoms with Crippen LogP contribution in [0.4, 0.5) is 13.2 Å². The lowest BCUT2D eigenvalue weighted by molar-refractivity contribution is -0.274. The fourth-order valence-electron chi connectivity index (χ4n) is 2.34. The SMILES string of the molecule is CCCC(=O)NCC(=O)N(C)CC(=O)Nn1cc2ccc(OC(F)(F)F)cc2n1. The van der Waals surface area contributed by atoms with Crippen molar-refractivity contribution in [2.24, 2.45) is 0 Å². The molecule has 0 unspecified atom stereocenters. The summed E-state index contributed by atoms with van der Waals surface area (Å²) >= 11 is 0. The van der Waals surface area contributed by atoms with Crippen LogP contribution in [0, 0.1) is 0 Å². The first-order valence-electron chi connectivity index (χ1n) is 8.63. The summed E-state index contributed by atoms with van der Waals surface area (Å²) in [7, 11) is 1.40. The van der Waals surface area contributed by atoms with E-state index in [0.29, 0.717) is 18.2 Å². The highest BCUT2D eigenvalue weighted by Crippen LogP contribution is 2.25. The first-order chi connectivity index (χ1) is 13.6. The Morgan fingerprint density at radius 2 is 1.97 bits per heavy atom. The van der Waals surface area contributed by atoms with Gasteiger partial charge in [-0.25, -0.2) is 5.43 Å². The Labute approximate surface area is 163 Å². The van der Waals surface area contributed by atoms with E-state index in [4.69, 9.17) is 0 Å². The molecule has 2 N–H and O–H groups in total. The second-order valence-electron chi connectivity index (χ2n) is 6.15. The summed E-state index contributed by atoms with van der Waals surface area (Å²) in [6, 6.07) is 3.57. The number of halogens is 3. The zero-order valence-electron chi connectivity index (χ0n) is 15.7. The number of ether oxygens (including phenoxy) is 1. The van der Waals surface area contributed by atoms with Crippen molar-refractivity contribution in [2.45, 2.75) is 26.1 Å². The topological polar surface area (TPSA) is 106 Å². The van der Waals surface area contributed by atoms with Crippen molar-refractivity contribution in [1.29, 1.82) is 0 Å². The summed E-state index contributed by atoms with van der Waals surface area (Å²) < 4.78 is 40.7. The number of hydrogen-bond donors (Lipinski definition) is 2. The fraction of sp³-hybridized carbons (Fsp3) is 0.412. The third kappa shape index (κ3) is 6.97. The van der Waals surface area contributed by atoms with Gasteiger partial charge in [-0.2, -0.15) is 9.89 Å². The first kappa shape index (κ1) is 22.0. The van der Waals surface area contributed by atoms with E-state index in [0.717, 1.165) is 21.8 Å². The summed E-state index contributed by atoms with van der Waals surface area (Å²) in [5.41, 5.74) is 2.57. The summed E-state index contributed by atoms with van der Waals surface area (Å²) in [4.78, 5) is 37.5. The van der Waals surface area contributed by atoms with Crippen molar-refractivity contribution in [3.05, 3.63) is 24.4 Å². The minimum absolute atomic E-state index is 0.176. The molecule has 0 aliphatic heterocycles. The van der Waals surface area contributed by atoms with E-state index in [9.17, 15) is 27.6 Å². The number of fused-ring (bicyclic) bond motifs is 1. The first-order valence-corrected chi connectivity index (χ1v) is 8.63. The molecule has 0 saturated carbocycles. The summed E-state index contributed by atoms with van der Waals surface area (Å²) in [5, 5.41) is 6.88. The number of carbonyl (C=O) groups excluding carboxylic acids is 3. The van der Waals surface area contributed by atoms with Crippen LogP contribution in [0.2, 0.25) is 0 Å². The van der Waals surface area contributed by atoms with Crippen LogP contribution in [-0.2, 0) is 14.4 Å². The molecule has 2 rings (SSSR count). The number of rotatable bonds is 8. The highest BCUT2D eigenvalue weighted by molar-refractivity contribution is 5.91. The van der Waals surface area contributed by atoms with E-state index >= 15 is 0 Å². The second kappa shape index (κ2) is 9.26. The molecule has 0 aliphatic carbocycles. The molecule has 3 amide bonds. The van der Waals surface area contributed by atoms with E-state index < -0.39 is 23.9 Å². The van der Waals surface area contributed by atoms with Gasteiger partial charge in [0, 0.05) is 24.9 Å². The molecule has 0 saturated heterocycles. The minimum atomic E-state index is -4.82. The molecule has 2 aromatic rings. The zero-order chi connectivity index (χ0) is 21.6. The van der Waals surface area contributed by atoms with Crippen molar-refractivity contribution < 1.29 is 32.3 Å². The van der Waals surface area contributed by atoms with Crippen molar-refractivity contribution in [2.75, 3.05) is 25.6 Å². The molecule has 0 radical (unpaired) electrons. The van der Waals surface area contributed by atoms with Gasteiger partial charge < -0.3 is 15.0 Å². The van der Waals surface area contributed by atoms with E-state index in [1.54, 1.807) is 0 Å². The van der Waals surface area contributed by atoms with Gasteiger partial charge in [-0.3, -0.25) is 14.4 Å². The van der Waals surface area contributed by atoms with Crippen LogP contribution in [0.1, 0.15) is 19.8 Å².